The highest BCUT2D eigenvalue weighted by Crippen LogP contribution is 2.01. The number of hydrogen-bond donors (Lipinski definition) is 4. The van der Waals surface area contributed by atoms with Crippen LogP contribution in [0.2, 0.25) is 0 Å². The predicted octanol–water partition coefficient (Wildman–Crippen LogP) is 3.33. The molecular formula is C17H44O12S4. The summed E-state index contributed by atoms with van der Waals surface area (Å²) in [7, 11) is -15.0. The van der Waals surface area contributed by atoms with E-state index in [4.69, 9.17) is 18.2 Å². The fourth-order valence-corrected chi connectivity index (χ4v) is 2.53. The van der Waals surface area contributed by atoms with E-state index in [0.717, 1.165) is 0 Å². The average molecular weight is 569 g/mol. The van der Waals surface area contributed by atoms with Gasteiger partial charge >= 0.3 is 0 Å². The van der Waals surface area contributed by atoms with Crippen molar-refractivity contribution < 1.29 is 51.9 Å². The van der Waals surface area contributed by atoms with Crippen molar-refractivity contribution in [3.05, 3.63) is 0 Å². The van der Waals surface area contributed by atoms with Crippen molar-refractivity contribution in [2.24, 2.45) is 0 Å². The number of hydrogen-bond acceptors (Lipinski definition) is 8. The SMILES string of the molecule is C.CCC(C)S(=O)(=O)O.CCC(C)S(=O)(=O)O.CCC(C)S(=O)(=O)O.CCC(C)S(=O)(=O)O. The maximum Gasteiger partial charge on any atom is 0.267 e. The second kappa shape index (κ2) is 18.9. The van der Waals surface area contributed by atoms with Gasteiger partial charge in [-0.15, -0.1) is 0 Å². The zero-order valence-corrected chi connectivity index (χ0v) is 23.1. The molecule has 4 atom stereocenters. The Bertz CT molecular complexity index is 740. The fourth-order valence-electron chi connectivity index (χ4n) is 0.842. The molecule has 4 unspecified atom stereocenters. The van der Waals surface area contributed by atoms with Crippen molar-refractivity contribution >= 4 is 40.5 Å². The van der Waals surface area contributed by atoms with E-state index in [0.29, 0.717) is 25.7 Å². The molecule has 0 spiro atoms. The smallest absolute Gasteiger partial charge is 0.267 e. The highest BCUT2D eigenvalue weighted by atomic mass is 32.2. The van der Waals surface area contributed by atoms with Crippen molar-refractivity contribution in [2.75, 3.05) is 0 Å². The maximum absolute atomic E-state index is 10.1. The van der Waals surface area contributed by atoms with E-state index in [1.165, 1.54) is 27.7 Å². The molecule has 33 heavy (non-hydrogen) atoms. The highest BCUT2D eigenvalue weighted by molar-refractivity contribution is 7.87. The van der Waals surface area contributed by atoms with Crippen molar-refractivity contribution in [3.8, 4) is 0 Å². The molecule has 0 rings (SSSR count). The van der Waals surface area contributed by atoms with Gasteiger partial charge in [-0.05, 0) is 53.4 Å². The minimum Gasteiger partial charge on any atom is -0.285 e. The zero-order valence-electron chi connectivity index (χ0n) is 19.8. The summed E-state index contributed by atoms with van der Waals surface area (Å²) in [6.07, 6.45) is 1.83. The van der Waals surface area contributed by atoms with Crippen LogP contribution in [0.15, 0.2) is 0 Å². The van der Waals surface area contributed by atoms with Crippen molar-refractivity contribution in [1.82, 2.24) is 0 Å². The molecule has 16 heteroatoms. The van der Waals surface area contributed by atoms with Crippen LogP contribution < -0.4 is 0 Å². The third kappa shape index (κ3) is 27.8. The first-order valence-corrected chi connectivity index (χ1v) is 15.8. The molecule has 0 bridgehead atoms. The first kappa shape index (κ1) is 42.8. The Morgan fingerprint density at radius 3 is 0.515 bits per heavy atom. The first-order chi connectivity index (χ1) is 13.9. The van der Waals surface area contributed by atoms with Gasteiger partial charge in [-0.1, -0.05) is 35.1 Å². The summed E-state index contributed by atoms with van der Waals surface area (Å²) in [5, 5.41) is -2.49. The summed E-state index contributed by atoms with van der Waals surface area (Å²) in [5.41, 5.74) is 0. The third-order valence-electron chi connectivity index (χ3n) is 4.33. The topological polar surface area (TPSA) is 217 Å². The maximum atomic E-state index is 10.1. The van der Waals surface area contributed by atoms with Gasteiger partial charge in [0.2, 0.25) is 0 Å². The molecule has 0 amide bonds. The lowest BCUT2D eigenvalue weighted by Crippen LogP contribution is -2.14. The van der Waals surface area contributed by atoms with Crippen LogP contribution in [-0.4, -0.2) is 72.9 Å². The van der Waals surface area contributed by atoms with Crippen LogP contribution in [0.5, 0.6) is 0 Å². The molecule has 4 N–H and O–H groups in total. The quantitative estimate of drug-likeness (QED) is 0.310. The van der Waals surface area contributed by atoms with E-state index < -0.39 is 61.5 Å². The Labute approximate surface area is 201 Å². The normalized spacial score (nSPS) is 15.4. The van der Waals surface area contributed by atoms with Gasteiger partial charge in [0.05, 0.1) is 21.0 Å². The molecule has 0 fully saturated rings. The molecule has 208 valence electrons. The summed E-state index contributed by atoms with van der Waals surface area (Å²) in [4.78, 5) is 0. The molecule has 0 heterocycles. The largest absolute Gasteiger partial charge is 0.285 e. The molecule has 0 aliphatic rings. The molecule has 0 aromatic heterocycles. The second-order valence-electron chi connectivity index (χ2n) is 6.94. The van der Waals surface area contributed by atoms with Crippen molar-refractivity contribution in [3.63, 3.8) is 0 Å². The third-order valence-corrected chi connectivity index (χ3v) is 9.73. The Balaban J connectivity index is -0.000000105. The summed E-state index contributed by atoms with van der Waals surface area (Å²) in [6, 6.07) is 0. The van der Waals surface area contributed by atoms with E-state index in [-0.39, 0.29) is 7.43 Å². The summed E-state index contributed by atoms with van der Waals surface area (Å²) < 4.78 is 114. The first-order valence-electron chi connectivity index (χ1n) is 9.78. The molecule has 12 nitrogen and oxygen atoms in total. The highest BCUT2D eigenvalue weighted by Gasteiger charge is 2.14. The summed E-state index contributed by atoms with van der Waals surface area (Å²) in [5.74, 6) is 0. The van der Waals surface area contributed by atoms with Gasteiger partial charge in [0.1, 0.15) is 0 Å². The zero-order chi connectivity index (χ0) is 27.1. The molecule has 0 radical (unpaired) electrons. The summed E-state index contributed by atoms with van der Waals surface area (Å²) >= 11 is 0. The van der Waals surface area contributed by atoms with Gasteiger partial charge in [0.15, 0.2) is 0 Å². The Hall–Kier alpha value is -0.360. The molecule has 0 saturated heterocycles. The minimum atomic E-state index is -3.75. The van der Waals surface area contributed by atoms with Gasteiger partial charge in [-0.25, -0.2) is 0 Å². The van der Waals surface area contributed by atoms with E-state index in [1.54, 1.807) is 27.7 Å². The Morgan fingerprint density at radius 2 is 0.515 bits per heavy atom. The van der Waals surface area contributed by atoms with Crippen LogP contribution in [0.4, 0.5) is 0 Å². The van der Waals surface area contributed by atoms with Crippen LogP contribution in [0.3, 0.4) is 0 Å². The lowest BCUT2D eigenvalue weighted by Gasteiger charge is -2.00. The van der Waals surface area contributed by atoms with Gasteiger partial charge in [-0.2, -0.15) is 33.7 Å². The van der Waals surface area contributed by atoms with Gasteiger partial charge in [0.25, 0.3) is 40.5 Å². The Kier molecular flexibility index (Phi) is 24.5. The van der Waals surface area contributed by atoms with Crippen LogP contribution in [0.25, 0.3) is 0 Å². The average Bonchev–Trinajstić information content (AvgIpc) is 2.63. The van der Waals surface area contributed by atoms with Crippen LogP contribution >= 0.6 is 0 Å². The van der Waals surface area contributed by atoms with Crippen LogP contribution in [0, 0.1) is 0 Å². The van der Waals surface area contributed by atoms with Crippen LogP contribution in [0.1, 0.15) is 88.5 Å². The van der Waals surface area contributed by atoms with Gasteiger partial charge in [-0.3, -0.25) is 18.2 Å². The molecule has 0 saturated carbocycles. The van der Waals surface area contributed by atoms with E-state index in [1.807, 2.05) is 0 Å². The second-order valence-corrected chi connectivity index (χ2v) is 14.3. The van der Waals surface area contributed by atoms with Crippen LogP contribution in [-0.2, 0) is 40.5 Å². The summed E-state index contributed by atoms with van der Waals surface area (Å²) in [6.45, 7) is 12.7. The van der Waals surface area contributed by atoms with Gasteiger partial charge < -0.3 is 0 Å². The van der Waals surface area contributed by atoms with E-state index in [2.05, 4.69) is 0 Å². The van der Waals surface area contributed by atoms with Crippen molar-refractivity contribution in [1.29, 1.82) is 0 Å². The van der Waals surface area contributed by atoms with E-state index >= 15 is 0 Å². The molecule has 0 aliphatic heterocycles. The monoisotopic (exact) mass is 568 g/mol. The van der Waals surface area contributed by atoms with E-state index in [9.17, 15) is 33.7 Å². The fraction of sp³-hybridized carbons (Fsp3) is 1.00. The van der Waals surface area contributed by atoms with Crippen molar-refractivity contribution in [2.45, 2.75) is 109 Å². The molecular weight excluding hydrogens is 524 g/mol. The minimum absolute atomic E-state index is 0. The molecule has 0 aliphatic carbocycles. The lowest BCUT2D eigenvalue weighted by molar-refractivity contribution is 0.466. The lowest BCUT2D eigenvalue weighted by atomic mass is 10.4. The predicted molar refractivity (Wildman–Crippen MR) is 132 cm³/mol. The molecule has 0 aromatic rings. The Morgan fingerprint density at radius 1 is 0.424 bits per heavy atom. The van der Waals surface area contributed by atoms with Gasteiger partial charge in [0, 0.05) is 0 Å². The number of rotatable bonds is 8. The standard InChI is InChI=1S/4C4H10O3S.CH4/c4*1-3-4(2)8(5,6)7;/h4*4H,3H2,1-2H3,(H,5,6,7);1H4. The molecule has 0 aromatic carbocycles.